The Bertz CT molecular complexity index is 896. The molecule has 0 aliphatic heterocycles. The molecule has 24 heavy (non-hydrogen) atoms. The lowest BCUT2D eigenvalue weighted by Gasteiger charge is -2.19. The first-order valence-corrected chi connectivity index (χ1v) is 8.60. The van der Waals surface area contributed by atoms with Crippen LogP contribution in [0, 0.1) is 0 Å². The molecule has 0 saturated carbocycles. The van der Waals surface area contributed by atoms with Gasteiger partial charge in [0, 0.05) is 21.6 Å². The van der Waals surface area contributed by atoms with Crippen LogP contribution in [0.15, 0.2) is 59.2 Å². The summed E-state index contributed by atoms with van der Waals surface area (Å²) in [5.74, 6) is -0.138. The Morgan fingerprint density at radius 2 is 1.79 bits per heavy atom. The van der Waals surface area contributed by atoms with Gasteiger partial charge < -0.3 is 5.32 Å². The molecule has 0 aliphatic rings. The highest BCUT2D eigenvalue weighted by molar-refractivity contribution is 9.10. The maximum Gasteiger partial charge on any atom is 0.255 e. The number of amides is 1. The fraction of sp³-hybridized carbons (Fsp3) is 0.200. The van der Waals surface area contributed by atoms with E-state index >= 15 is 0 Å². The second-order valence-electron chi connectivity index (χ2n) is 6.81. The van der Waals surface area contributed by atoms with Gasteiger partial charge in [-0.2, -0.15) is 0 Å². The van der Waals surface area contributed by atoms with Crippen LogP contribution in [0.4, 0.5) is 5.69 Å². The summed E-state index contributed by atoms with van der Waals surface area (Å²) in [6, 6.07) is 15.4. The molecule has 1 amide bonds. The highest BCUT2D eigenvalue weighted by Crippen LogP contribution is 2.27. The number of pyridine rings is 1. The molecule has 3 nitrogen and oxygen atoms in total. The van der Waals surface area contributed by atoms with E-state index in [0.29, 0.717) is 11.3 Å². The van der Waals surface area contributed by atoms with Crippen LogP contribution in [-0.2, 0) is 5.41 Å². The van der Waals surface area contributed by atoms with Crippen LogP contribution < -0.4 is 5.32 Å². The van der Waals surface area contributed by atoms with E-state index in [1.807, 2.05) is 48.5 Å². The number of fused-ring (bicyclic) bond motifs is 1. The summed E-state index contributed by atoms with van der Waals surface area (Å²) in [5, 5.41) is 3.95. The predicted molar refractivity (Wildman–Crippen MR) is 103 cm³/mol. The minimum atomic E-state index is -0.138. The van der Waals surface area contributed by atoms with Crippen molar-refractivity contribution in [2.45, 2.75) is 26.2 Å². The number of aromatic nitrogens is 1. The van der Waals surface area contributed by atoms with Gasteiger partial charge in [-0.25, -0.2) is 0 Å². The number of nitrogens with one attached hydrogen (secondary N) is 1. The van der Waals surface area contributed by atoms with Gasteiger partial charge >= 0.3 is 0 Å². The quantitative estimate of drug-likeness (QED) is 0.631. The molecule has 1 heterocycles. The Morgan fingerprint density at radius 1 is 1.08 bits per heavy atom. The molecule has 1 aromatic heterocycles. The van der Waals surface area contributed by atoms with E-state index in [2.05, 4.69) is 47.0 Å². The standard InChI is InChI=1S/C20H19BrN2O/c1-20(2,3)15-8-6-13(7-9-15)19(24)23-17-12-16(21)11-14-5-4-10-22-18(14)17/h4-12H,1-3H3,(H,23,24). The van der Waals surface area contributed by atoms with Crippen molar-refractivity contribution >= 4 is 38.4 Å². The molecule has 1 N–H and O–H groups in total. The number of nitrogens with zero attached hydrogens (tertiary/aromatic N) is 1. The maximum atomic E-state index is 12.6. The topological polar surface area (TPSA) is 42.0 Å². The van der Waals surface area contributed by atoms with Crippen LogP contribution >= 0.6 is 15.9 Å². The molecule has 3 rings (SSSR count). The fourth-order valence-electron chi connectivity index (χ4n) is 2.57. The Balaban J connectivity index is 1.90. The number of benzene rings is 2. The smallest absolute Gasteiger partial charge is 0.255 e. The molecular weight excluding hydrogens is 364 g/mol. The average Bonchev–Trinajstić information content (AvgIpc) is 2.54. The molecule has 4 heteroatoms. The first-order chi connectivity index (χ1) is 11.3. The zero-order valence-electron chi connectivity index (χ0n) is 13.9. The monoisotopic (exact) mass is 382 g/mol. The van der Waals surface area contributed by atoms with Crippen molar-refractivity contribution in [3.63, 3.8) is 0 Å². The highest BCUT2D eigenvalue weighted by atomic mass is 79.9. The second kappa shape index (κ2) is 6.36. The van der Waals surface area contributed by atoms with Gasteiger partial charge in [0.25, 0.3) is 5.91 Å². The van der Waals surface area contributed by atoms with Crippen LogP contribution in [-0.4, -0.2) is 10.9 Å². The lowest BCUT2D eigenvalue weighted by atomic mass is 9.87. The van der Waals surface area contributed by atoms with Crippen LogP contribution in [0.1, 0.15) is 36.7 Å². The second-order valence-corrected chi connectivity index (χ2v) is 7.73. The average molecular weight is 383 g/mol. The lowest BCUT2D eigenvalue weighted by molar-refractivity contribution is 0.102. The summed E-state index contributed by atoms with van der Waals surface area (Å²) in [6.45, 7) is 6.46. The van der Waals surface area contributed by atoms with Gasteiger partial charge in [-0.1, -0.05) is 54.9 Å². The van der Waals surface area contributed by atoms with Crippen LogP contribution in [0.5, 0.6) is 0 Å². The van der Waals surface area contributed by atoms with Crippen LogP contribution in [0.25, 0.3) is 10.9 Å². The largest absolute Gasteiger partial charge is 0.320 e. The fourth-order valence-corrected chi connectivity index (χ4v) is 3.04. The van der Waals surface area contributed by atoms with E-state index in [9.17, 15) is 4.79 Å². The Kier molecular flexibility index (Phi) is 4.41. The summed E-state index contributed by atoms with van der Waals surface area (Å²) in [7, 11) is 0. The number of hydrogen-bond acceptors (Lipinski definition) is 2. The number of halogens is 1. The van der Waals surface area contributed by atoms with Gasteiger partial charge in [0.2, 0.25) is 0 Å². The van der Waals surface area contributed by atoms with Gasteiger partial charge in [0.05, 0.1) is 11.2 Å². The van der Waals surface area contributed by atoms with E-state index in [1.165, 1.54) is 5.56 Å². The number of hydrogen-bond donors (Lipinski definition) is 1. The molecule has 0 fully saturated rings. The molecule has 0 radical (unpaired) electrons. The summed E-state index contributed by atoms with van der Waals surface area (Å²) in [5.41, 5.74) is 3.38. The van der Waals surface area contributed by atoms with Crippen LogP contribution in [0.2, 0.25) is 0 Å². The van der Waals surface area contributed by atoms with Crippen LogP contribution in [0.3, 0.4) is 0 Å². The van der Waals surface area contributed by atoms with Crippen molar-refractivity contribution in [2.75, 3.05) is 5.32 Å². The molecule has 122 valence electrons. The number of rotatable bonds is 2. The molecule has 3 aromatic rings. The van der Waals surface area contributed by atoms with Gasteiger partial charge in [-0.15, -0.1) is 0 Å². The summed E-state index contributed by atoms with van der Waals surface area (Å²) < 4.78 is 0.904. The molecule has 0 bridgehead atoms. The molecule has 0 aliphatic carbocycles. The number of carbonyl (C=O) groups excluding carboxylic acids is 1. The van der Waals surface area contributed by atoms with E-state index in [1.54, 1.807) is 6.20 Å². The summed E-state index contributed by atoms with van der Waals surface area (Å²) in [6.07, 6.45) is 1.73. The van der Waals surface area contributed by atoms with Crippen molar-refractivity contribution < 1.29 is 4.79 Å². The normalized spacial score (nSPS) is 11.5. The highest BCUT2D eigenvalue weighted by Gasteiger charge is 2.15. The van der Waals surface area contributed by atoms with Crippen molar-refractivity contribution in [3.05, 3.63) is 70.3 Å². The van der Waals surface area contributed by atoms with Gasteiger partial charge in [0.15, 0.2) is 0 Å². The van der Waals surface area contributed by atoms with Crippen molar-refractivity contribution in [1.82, 2.24) is 4.98 Å². The molecule has 0 saturated heterocycles. The molecular formula is C20H19BrN2O. The van der Waals surface area contributed by atoms with E-state index in [4.69, 9.17) is 0 Å². The molecule has 0 atom stereocenters. The summed E-state index contributed by atoms with van der Waals surface area (Å²) in [4.78, 5) is 17.0. The predicted octanol–water partition coefficient (Wildman–Crippen LogP) is 5.55. The number of carbonyl (C=O) groups is 1. The zero-order chi connectivity index (χ0) is 17.3. The maximum absolute atomic E-state index is 12.6. The van der Waals surface area contributed by atoms with Gasteiger partial charge in [0.1, 0.15) is 0 Å². The third-order valence-electron chi connectivity index (χ3n) is 3.93. The zero-order valence-corrected chi connectivity index (χ0v) is 15.5. The van der Waals surface area contributed by atoms with Gasteiger partial charge in [-0.3, -0.25) is 9.78 Å². The van der Waals surface area contributed by atoms with Gasteiger partial charge in [-0.05, 0) is 41.3 Å². The van der Waals surface area contributed by atoms with Crippen molar-refractivity contribution in [2.24, 2.45) is 0 Å². The third-order valence-corrected chi connectivity index (χ3v) is 4.39. The van der Waals surface area contributed by atoms with E-state index in [-0.39, 0.29) is 11.3 Å². The van der Waals surface area contributed by atoms with Crippen molar-refractivity contribution in [1.29, 1.82) is 0 Å². The molecule has 0 spiro atoms. The number of anilines is 1. The molecule has 2 aromatic carbocycles. The first kappa shape index (κ1) is 16.7. The third kappa shape index (κ3) is 3.49. The first-order valence-electron chi connectivity index (χ1n) is 7.81. The Morgan fingerprint density at radius 3 is 2.46 bits per heavy atom. The Labute approximate surface area is 150 Å². The van der Waals surface area contributed by atoms with E-state index < -0.39 is 0 Å². The van der Waals surface area contributed by atoms with Crippen molar-refractivity contribution in [3.8, 4) is 0 Å². The minimum absolute atomic E-state index is 0.0689. The Hall–Kier alpha value is -2.20. The summed E-state index contributed by atoms with van der Waals surface area (Å²) >= 11 is 3.48. The van der Waals surface area contributed by atoms with E-state index in [0.717, 1.165) is 15.4 Å². The minimum Gasteiger partial charge on any atom is -0.320 e. The molecule has 0 unspecified atom stereocenters. The SMILES string of the molecule is CC(C)(C)c1ccc(C(=O)Nc2cc(Br)cc3cccnc23)cc1. The lowest BCUT2D eigenvalue weighted by Crippen LogP contribution is -2.14.